The van der Waals surface area contributed by atoms with Gasteiger partial charge in [0.2, 0.25) is 5.91 Å². The summed E-state index contributed by atoms with van der Waals surface area (Å²) in [7, 11) is 0. The summed E-state index contributed by atoms with van der Waals surface area (Å²) in [6, 6.07) is 0. The molecule has 1 heterocycles. The van der Waals surface area contributed by atoms with Crippen molar-refractivity contribution in [3.05, 3.63) is 0 Å². The number of carbonyl (C=O) groups excluding carboxylic acids is 1. The van der Waals surface area contributed by atoms with Gasteiger partial charge in [0.1, 0.15) is 0 Å². The number of rotatable bonds is 5. The molecule has 5 heteroatoms. The number of carbonyl (C=O) groups is 2. The molecule has 2 rings (SSSR count). The van der Waals surface area contributed by atoms with Crippen molar-refractivity contribution in [1.82, 2.24) is 5.32 Å². The Hall–Kier alpha value is -0.710. The lowest BCUT2D eigenvalue weighted by Crippen LogP contribution is -2.33. The molecule has 1 saturated carbocycles. The molecule has 0 radical (unpaired) electrons. The number of hydrogen-bond donors (Lipinski definition) is 2. The highest BCUT2D eigenvalue weighted by molar-refractivity contribution is 7.99. The molecule has 4 nitrogen and oxygen atoms in total. The first-order valence-electron chi connectivity index (χ1n) is 7.72. The van der Waals surface area contributed by atoms with Crippen LogP contribution in [-0.4, -0.2) is 35.0 Å². The van der Waals surface area contributed by atoms with E-state index in [4.69, 9.17) is 5.11 Å². The summed E-state index contributed by atoms with van der Waals surface area (Å²) in [5.74, 6) is 2.77. The minimum atomic E-state index is -0.664. The summed E-state index contributed by atoms with van der Waals surface area (Å²) in [5.41, 5.74) is 0. The fourth-order valence-electron chi connectivity index (χ4n) is 3.16. The molecular formula is C15H25NO3S. The Morgan fingerprint density at radius 2 is 1.65 bits per heavy atom. The lowest BCUT2D eigenvalue weighted by atomic mass is 9.82. The molecule has 0 unspecified atom stereocenters. The minimum Gasteiger partial charge on any atom is -0.481 e. The topological polar surface area (TPSA) is 66.4 Å². The van der Waals surface area contributed by atoms with Crippen molar-refractivity contribution in [3.63, 3.8) is 0 Å². The van der Waals surface area contributed by atoms with Gasteiger partial charge in [-0.15, -0.1) is 0 Å². The summed E-state index contributed by atoms with van der Waals surface area (Å²) in [4.78, 5) is 22.8. The quantitative estimate of drug-likeness (QED) is 0.818. The van der Waals surface area contributed by atoms with E-state index >= 15 is 0 Å². The van der Waals surface area contributed by atoms with Crippen molar-refractivity contribution in [1.29, 1.82) is 0 Å². The average molecular weight is 299 g/mol. The van der Waals surface area contributed by atoms with Gasteiger partial charge < -0.3 is 10.4 Å². The lowest BCUT2D eigenvalue weighted by Gasteiger charge is -2.26. The third-order valence-electron chi connectivity index (χ3n) is 4.60. The molecule has 0 aromatic heterocycles. The van der Waals surface area contributed by atoms with Gasteiger partial charge in [0.25, 0.3) is 0 Å². The van der Waals surface area contributed by atoms with Crippen LogP contribution in [0.15, 0.2) is 0 Å². The molecule has 1 aliphatic carbocycles. The normalized spacial score (nSPS) is 28.0. The summed E-state index contributed by atoms with van der Waals surface area (Å²) in [5, 5.41) is 12.0. The summed E-state index contributed by atoms with van der Waals surface area (Å²) in [6.45, 7) is 0.729. The second kappa shape index (κ2) is 7.91. The molecular weight excluding hydrogens is 274 g/mol. The maximum absolute atomic E-state index is 11.9. The first-order chi connectivity index (χ1) is 9.65. The van der Waals surface area contributed by atoms with Gasteiger partial charge in [0.15, 0.2) is 0 Å². The second-order valence-electron chi connectivity index (χ2n) is 6.12. The summed E-state index contributed by atoms with van der Waals surface area (Å²) >= 11 is 1.98. The van der Waals surface area contributed by atoms with Crippen LogP contribution in [0.2, 0.25) is 0 Å². The predicted molar refractivity (Wildman–Crippen MR) is 80.8 cm³/mol. The summed E-state index contributed by atoms with van der Waals surface area (Å²) in [6.07, 6.45) is 6.38. The third kappa shape index (κ3) is 5.00. The van der Waals surface area contributed by atoms with E-state index in [2.05, 4.69) is 5.32 Å². The molecule has 0 bridgehead atoms. The van der Waals surface area contributed by atoms with Gasteiger partial charge >= 0.3 is 5.97 Å². The van der Waals surface area contributed by atoms with Crippen LogP contribution < -0.4 is 5.32 Å². The van der Waals surface area contributed by atoms with E-state index in [1.807, 2.05) is 11.8 Å². The molecule has 1 amide bonds. The molecule has 20 heavy (non-hydrogen) atoms. The van der Waals surface area contributed by atoms with Crippen molar-refractivity contribution in [2.45, 2.75) is 44.9 Å². The van der Waals surface area contributed by atoms with E-state index in [0.717, 1.165) is 32.2 Å². The smallest absolute Gasteiger partial charge is 0.306 e. The monoisotopic (exact) mass is 299 g/mol. The fourth-order valence-corrected chi connectivity index (χ4v) is 4.36. The Balaban J connectivity index is 1.60. The minimum absolute atomic E-state index is 0.165. The number of aliphatic carboxylic acids is 1. The number of nitrogens with one attached hydrogen (secondary N) is 1. The Kier molecular flexibility index (Phi) is 6.20. The van der Waals surface area contributed by atoms with Crippen LogP contribution in [-0.2, 0) is 9.59 Å². The molecule has 0 aromatic rings. The Morgan fingerprint density at radius 3 is 2.25 bits per heavy atom. The molecule has 2 fully saturated rings. The zero-order valence-corrected chi connectivity index (χ0v) is 12.8. The molecule has 1 saturated heterocycles. The van der Waals surface area contributed by atoms with Gasteiger partial charge in [-0.2, -0.15) is 11.8 Å². The number of amides is 1. The zero-order chi connectivity index (χ0) is 14.4. The number of carboxylic acid groups (broad SMARTS) is 1. The van der Waals surface area contributed by atoms with E-state index in [1.54, 1.807) is 0 Å². The highest BCUT2D eigenvalue weighted by Crippen LogP contribution is 2.29. The summed E-state index contributed by atoms with van der Waals surface area (Å²) < 4.78 is 0. The molecule has 1 aliphatic heterocycles. The van der Waals surface area contributed by atoms with Crippen LogP contribution in [0.4, 0.5) is 0 Å². The number of thioether (sulfide) groups is 1. The third-order valence-corrected chi connectivity index (χ3v) is 5.65. The van der Waals surface area contributed by atoms with Gasteiger partial charge in [0, 0.05) is 13.0 Å². The maximum Gasteiger partial charge on any atom is 0.306 e. The molecule has 114 valence electrons. The first-order valence-corrected chi connectivity index (χ1v) is 8.88. The predicted octanol–water partition coefficient (Wildman–Crippen LogP) is 2.53. The highest BCUT2D eigenvalue weighted by Gasteiger charge is 2.26. The van der Waals surface area contributed by atoms with Crippen LogP contribution >= 0.6 is 11.8 Å². The van der Waals surface area contributed by atoms with E-state index in [0.29, 0.717) is 18.3 Å². The van der Waals surface area contributed by atoms with Gasteiger partial charge in [-0.3, -0.25) is 9.59 Å². The molecule has 2 N–H and O–H groups in total. The molecule has 0 spiro atoms. The van der Waals surface area contributed by atoms with Crippen LogP contribution in [0.1, 0.15) is 44.9 Å². The van der Waals surface area contributed by atoms with Gasteiger partial charge in [-0.05, 0) is 61.9 Å². The fraction of sp³-hybridized carbons (Fsp3) is 0.867. The first kappa shape index (κ1) is 15.7. The van der Waals surface area contributed by atoms with Gasteiger partial charge in [-0.1, -0.05) is 0 Å². The Bertz CT molecular complexity index is 334. The van der Waals surface area contributed by atoms with Gasteiger partial charge in [0.05, 0.1) is 5.92 Å². The van der Waals surface area contributed by atoms with E-state index in [1.165, 1.54) is 24.3 Å². The zero-order valence-electron chi connectivity index (χ0n) is 12.0. The van der Waals surface area contributed by atoms with Crippen LogP contribution in [0.3, 0.4) is 0 Å². The largest absolute Gasteiger partial charge is 0.481 e. The average Bonchev–Trinajstić information content (AvgIpc) is 2.46. The molecule has 2 aliphatic rings. The van der Waals surface area contributed by atoms with Gasteiger partial charge in [-0.25, -0.2) is 0 Å². The van der Waals surface area contributed by atoms with Crippen molar-refractivity contribution in [3.8, 4) is 0 Å². The van der Waals surface area contributed by atoms with Crippen molar-refractivity contribution in [2.75, 3.05) is 18.1 Å². The molecule has 0 aromatic carbocycles. The van der Waals surface area contributed by atoms with E-state index in [9.17, 15) is 9.59 Å². The number of carboxylic acids is 1. The van der Waals surface area contributed by atoms with Crippen molar-refractivity contribution in [2.24, 2.45) is 17.8 Å². The van der Waals surface area contributed by atoms with Crippen LogP contribution in [0.5, 0.6) is 0 Å². The van der Waals surface area contributed by atoms with Crippen molar-refractivity contribution < 1.29 is 14.7 Å². The Morgan fingerprint density at radius 1 is 1.00 bits per heavy atom. The Labute approximate surface area is 125 Å². The standard InChI is InChI=1S/C15H25NO3S/c17-14(9-11-5-7-20-8-6-11)16-10-12-1-3-13(4-2-12)15(18)19/h11-13H,1-10H2,(H,16,17)(H,18,19). The lowest BCUT2D eigenvalue weighted by molar-refractivity contribution is -0.143. The van der Waals surface area contributed by atoms with E-state index < -0.39 is 5.97 Å². The maximum atomic E-state index is 11.9. The van der Waals surface area contributed by atoms with Crippen LogP contribution in [0.25, 0.3) is 0 Å². The molecule has 0 atom stereocenters. The van der Waals surface area contributed by atoms with Crippen LogP contribution in [0, 0.1) is 17.8 Å². The highest BCUT2D eigenvalue weighted by atomic mass is 32.2. The SMILES string of the molecule is O=C(CC1CCSCC1)NCC1CCC(C(=O)O)CC1. The number of hydrogen-bond acceptors (Lipinski definition) is 3. The second-order valence-corrected chi connectivity index (χ2v) is 7.34. The van der Waals surface area contributed by atoms with E-state index in [-0.39, 0.29) is 11.8 Å². The van der Waals surface area contributed by atoms with Crippen molar-refractivity contribution >= 4 is 23.6 Å².